The van der Waals surface area contributed by atoms with E-state index in [-0.39, 0.29) is 18.1 Å². The van der Waals surface area contributed by atoms with Gasteiger partial charge in [-0.15, -0.1) is 0 Å². The van der Waals surface area contributed by atoms with Crippen LogP contribution in [0.5, 0.6) is 0 Å². The average Bonchev–Trinajstić information content (AvgIpc) is 3.26. The van der Waals surface area contributed by atoms with Crippen molar-refractivity contribution in [2.24, 2.45) is 0 Å². The molecule has 0 radical (unpaired) electrons. The van der Waals surface area contributed by atoms with Gasteiger partial charge in [0, 0.05) is 29.9 Å². The molecule has 8 nitrogen and oxygen atoms in total. The summed E-state index contributed by atoms with van der Waals surface area (Å²) in [6, 6.07) is 14.4. The molecule has 0 aliphatic heterocycles. The van der Waals surface area contributed by atoms with E-state index >= 15 is 0 Å². The van der Waals surface area contributed by atoms with Crippen LogP contribution >= 0.6 is 11.6 Å². The van der Waals surface area contributed by atoms with E-state index in [1.807, 2.05) is 43.5 Å². The van der Waals surface area contributed by atoms with Crippen molar-refractivity contribution >= 4 is 28.5 Å². The Labute approximate surface area is 189 Å². The van der Waals surface area contributed by atoms with Crippen LogP contribution in [0.1, 0.15) is 24.7 Å². The Bertz CT molecular complexity index is 1280. The molecule has 2 N–H and O–H groups in total. The van der Waals surface area contributed by atoms with Gasteiger partial charge in [-0.25, -0.2) is 14.5 Å². The molecule has 0 unspecified atom stereocenters. The number of hydrogen-bond donors (Lipinski definition) is 2. The van der Waals surface area contributed by atoms with E-state index in [0.717, 1.165) is 17.7 Å². The summed E-state index contributed by atoms with van der Waals surface area (Å²) in [6.07, 6.45) is 4.37. The molecule has 32 heavy (non-hydrogen) atoms. The van der Waals surface area contributed by atoms with Crippen LogP contribution in [-0.2, 0) is 13.1 Å². The first-order valence-corrected chi connectivity index (χ1v) is 10.7. The summed E-state index contributed by atoms with van der Waals surface area (Å²) in [6.45, 7) is 3.02. The quantitative estimate of drug-likeness (QED) is 0.446. The number of para-hydroxylation sites is 1. The fraction of sp³-hybridized carbons (Fsp3) is 0.217. The number of benzene rings is 2. The van der Waals surface area contributed by atoms with Crippen LogP contribution in [0.4, 0.5) is 4.79 Å². The average molecular weight is 451 g/mol. The van der Waals surface area contributed by atoms with E-state index in [2.05, 4.69) is 20.4 Å². The highest BCUT2D eigenvalue weighted by molar-refractivity contribution is 6.31. The van der Waals surface area contributed by atoms with Crippen molar-refractivity contribution in [3.63, 3.8) is 0 Å². The molecule has 0 saturated carbocycles. The lowest BCUT2D eigenvalue weighted by atomic mass is 10.2. The Hall–Kier alpha value is -3.65. The van der Waals surface area contributed by atoms with Crippen molar-refractivity contribution in [1.82, 2.24) is 30.0 Å². The molecule has 0 saturated heterocycles. The molecule has 4 aromatic rings. The van der Waals surface area contributed by atoms with Gasteiger partial charge < -0.3 is 15.2 Å². The molecule has 0 aliphatic rings. The van der Waals surface area contributed by atoms with Gasteiger partial charge in [-0.3, -0.25) is 4.79 Å². The number of H-pyrrole nitrogens is 1. The minimum absolute atomic E-state index is 0.181. The standard InChI is InChI=1S/C23H23ClN6O2/c1-2-10-29(15-21-27-20-11-17(24)8-9-19(20)22(31)28-21)23(32)25-12-16-13-26-30(14-16)18-6-4-3-5-7-18/h3-9,11,13-14H,2,10,12,15H2,1H3,(H,25,32)(H,27,28,31). The van der Waals surface area contributed by atoms with Crippen molar-refractivity contribution in [2.45, 2.75) is 26.4 Å². The number of carbonyl (C=O) groups is 1. The number of halogens is 1. The maximum absolute atomic E-state index is 12.8. The van der Waals surface area contributed by atoms with Crippen molar-refractivity contribution in [3.8, 4) is 5.69 Å². The smallest absolute Gasteiger partial charge is 0.318 e. The minimum atomic E-state index is -0.258. The molecule has 0 spiro atoms. The summed E-state index contributed by atoms with van der Waals surface area (Å²) in [7, 11) is 0. The summed E-state index contributed by atoms with van der Waals surface area (Å²) >= 11 is 6.04. The lowest BCUT2D eigenvalue weighted by Gasteiger charge is -2.22. The fourth-order valence-corrected chi connectivity index (χ4v) is 3.57. The van der Waals surface area contributed by atoms with Gasteiger partial charge in [0.2, 0.25) is 0 Å². The molecule has 4 rings (SSSR count). The van der Waals surface area contributed by atoms with Gasteiger partial charge >= 0.3 is 6.03 Å². The van der Waals surface area contributed by atoms with Crippen LogP contribution in [0.15, 0.2) is 65.7 Å². The number of amides is 2. The van der Waals surface area contributed by atoms with E-state index in [4.69, 9.17) is 11.6 Å². The second-order valence-electron chi connectivity index (χ2n) is 7.38. The Morgan fingerprint density at radius 2 is 2.03 bits per heavy atom. The minimum Gasteiger partial charge on any atom is -0.334 e. The fourth-order valence-electron chi connectivity index (χ4n) is 3.40. The van der Waals surface area contributed by atoms with E-state index < -0.39 is 0 Å². The molecule has 2 amide bonds. The Morgan fingerprint density at radius 1 is 1.22 bits per heavy atom. The molecule has 0 bridgehead atoms. The molecule has 0 aliphatic carbocycles. The van der Waals surface area contributed by atoms with Gasteiger partial charge in [0.1, 0.15) is 5.82 Å². The van der Waals surface area contributed by atoms with Gasteiger partial charge in [-0.2, -0.15) is 5.10 Å². The summed E-state index contributed by atoms with van der Waals surface area (Å²) < 4.78 is 1.76. The van der Waals surface area contributed by atoms with Gasteiger partial charge in [0.25, 0.3) is 5.56 Å². The lowest BCUT2D eigenvalue weighted by Crippen LogP contribution is -2.40. The Kier molecular flexibility index (Phi) is 6.51. The van der Waals surface area contributed by atoms with Crippen LogP contribution in [0.2, 0.25) is 5.02 Å². The SMILES string of the molecule is CCCN(Cc1nc2cc(Cl)ccc2c(=O)[nH]1)C(=O)NCc1cnn(-c2ccccc2)c1. The zero-order valence-corrected chi connectivity index (χ0v) is 18.3. The Balaban J connectivity index is 1.45. The van der Waals surface area contributed by atoms with Gasteiger partial charge in [-0.1, -0.05) is 36.7 Å². The summed E-state index contributed by atoms with van der Waals surface area (Å²) in [5.41, 5.74) is 2.07. The highest BCUT2D eigenvalue weighted by atomic mass is 35.5. The van der Waals surface area contributed by atoms with E-state index in [0.29, 0.717) is 34.8 Å². The lowest BCUT2D eigenvalue weighted by molar-refractivity contribution is 0.193. The van der Waals surface area contributed by atoms with Gasteiger partial charge in [0.05, 0.1) is 29.3 Å². The van der Waals surface area contributed by atoms with E-state index in [1.165, 1.54) is 0 Å². The van der Waals surface area contributed by atoms with Crippen molar-refractivity contribution in [3.05, 3.63) is 87.7 Å². The predicted octanol–water partition coefficient (Wildman–Crippen LogP) is 3.88. The van der Waals surface area contributed by atoms with Crippen molar-refractivity contribution in [2.75, 3.05) is 6.54 Å². The van der Waals surface area contributed by atoms with Crippen molar-refractivity contribution < 1.29 is 4.79 Å². The second kappa shape index (κ2) is 9.65. The summed E-state index contributed by atoms with van der Waals surface area (Å²) in [5, 5.41) is 8.23. The summed E-state index contributed by atoms with van der Waals surface area (Å²) in [4.78, 5) is 34.1. The molecule has 2 heterocycles. The Morgan fingerprint density at radius 3 is 2.81 bits per heavy atom. The largest absolute Gasteiger partial charge is 0.334 e. The zero-order chi connectivity index (χ0) is 22.5. The topological polar surface area (TPSA) is 95.9 Å². The van der Waals surface area contributed by atoms with Crippen LogP contribution in [0.25, 0.3) is 16.6 Å². The first-order chi connectivity index (χ1) is 15.5. The normalized spacial score (nSPS) is 10.9. The molecule has 9 heteroatoms. The molecular weight excluding hydrogens is 428 g/mol. The van der Waals surface area contributed by atoms with Crippen LogP contribution in [0, 0.1) is 0 Å². The van der Waals surface area contributed by atoms with E-state index in [1.54, 1.807) is 34.0 Å². The maximum Gasteiger partial charge on any atom is 0.318 e. The number of rotatable bonds is 7. The van der Waals surface area contributed by atoms with Crippen LogP contribution < -0.4 is 10.9 Å². The molecular formula is C23H23ClN6O2. The maximum atomic E-state index is 12.8. The molecule has 164 valence electrons. The van der Waals surface area contributed by atoms with Gasteiger partial charge in [0.15, 0.2) is 0 Å². The van der Waals surface area contributed by atoms with Crippen molar-refractivity contribution in [1.29, 1.82) is 0 Å². The first-order valence-electron chi connectivity index (χ1n) is 10.3. The highest BCUT2D eigenvalue weighted by Gasteiger charge is 2.15. The molecule has 2 aromatic heterocycles. The summed E-state index contributed by atoms with van der Waals surface area (Å²) in [5.74, 6) is 0.408. The van der Waals surface area contributed by atoms with Crippen LogP contribution in [0.3, 0.4) is 0 Å². The third kappa shape index (κ3) is 4.97. The number of urea groups is 1. The molecule has 0 fully saturated rings. The third-order valence-electron chi connectivity index (χ3n) is 4.94. The monoisotopic (exact) mass is 450 g/mol. The number of aromatic amines is 1. The number of fused-ring (bicyclic) bond motifs is 1. The number of carbonyl (C=O) groups excluding carboxylic acids is 1. The molecule has 2 aromatic carbocycles. The zero-order valence-electron chi connectivity index (χ0n) is 17.6. The van der Waals surface area contributed by atoms with Gasteiger partial charge in [-0.05, 0) is 36.8 Å². The number of nitrogens with one attached hydrogen (secondary N) is 2. The number of hydrogen-bond acceptors (Lipinski definition) is 4. The highest BCUT2D eigenvalue weighted by Crippen LogP contribution is 2.15. The van der Waals surface area contributed by atoms with Crippen LogP contribution in [-0.4, -0.2) is 37.2 Å². The predicted molar refractivity (Wildman–Crippen MR) is 124 cm³/mol. The third-order valence-corrected chi connectivity index (χ3v) is 5.17. The first kappa shape index (κ1) is 21.6. The van der Waals surface area contributed by atoms with E-state index in [9.17, 15) is 9.59 Å². The molecule has 0 atom stereocenters. The number of aromatic nitrogens is 4. The second-order valence-corrected chi connectivity index (χ2v) is 7.82. The number of nitrogens with zero attached hydrogens (tertiary/aromatic N) is 4.